The van der Waals surface area contributed by atoms with E-state index in [1.54, 1.807) is 7.11 Å². The van der Waals surface area contributed by atoms with Crippen LogP contribution in [0.15, 0.2) is 48.5 Å². The summed E-state index contributed by atoms with van der Waals surface area (Å²) in [6.07, 6.45) is 1.50. The SMILES string of the molecule is COc1ccc(CN2CC3(CCN(C(=O)c4cccc(C)c4)CC3)C2=O)cc1. The van der Waals surface area contributed by atoms with Crippen LogP contribution in [0.3, 0.4) is 0 Å². The number of likely N-dealkylation sites (tertiary alicyclic amines) is 2. The minimum absolute atomic E-state index is 0.0698. The fraction of sp³-hybridized carbons (Fsp3) is 0.391. The Balaban J connectivity index is 1.33. The number of aryl methyl sites for hydroxylation is 1. The maximum atomic E-state index is 12.9. The number of nitrogens with zero attached hydrogens (tertiary/aromatic N) is 2. The third-order valence-corrected chi connectivity index (χ3v) is 6.04. The summed E-state index contributed by atoms with van der Waals surface area (Å²) >= 11 is 0. The Labute approximate surface area is 165 Å². The number of rotatable bonds is 4. The first-order valence-electron chi connectivity index (χ1n) is 9.79. The molecule has 2 amide bonds. The van der Waals surface area contributed by atoms with Crippen LogP contribution in [0, 0.1) is 12.3 Å². The fourth-order valence-electron chi connectivity index (χ4n) is 4.30. The van der Waals surface area contributed by atoms with Gasteiger partial charge in [0.05, 0.1) is 12.5 Å². The van der Waals surface area contributed by atoms with Crippen LogP contribution in [0.2, 0.25) is 0 Å². The molecule has 28 heavy (non-hydrogen) atoms. The van der Waals surface area contributed by atoms with Gasteiger partial charge in [0.25, 0.3) is 5.91 Å². The zero-order valence-electron chi connectivity index (χ0n) is 16.5. The number of ether oxygens (including phenoxy) is 1. The molecule has 2 fully saturated rings. The molecular formula is C23H26N2O3. The summed E-state index contributed by atoms with van der Waals surface area (Å²) in [6.45, 7) is 4.71. The van der Waals surface area contributed by atoms with Crippen molar-refractivity contribution in [2.75, 3.05) is 26.7 Å². The summed E-state index contributed by atoms with van der Waals surface area (Å²) in [4.78, 5) is 29.4. The highest BCUT2D eigenvalue weighted by molar-refractivity contribution is 5.95. The van der Waals surface area contributed by atoms with Crippen LogP contribution in [0.1, 0.15) is 34.3 Å². The summed E-state index contributed by atoms with van der Waals surface area (Å²) in [6, 6.07) is 15.5. The Hall–Kier alpha value is -2.82. The van der Waals surface area contributed by atoms with E-state index in [1.165, 1.54) is 0 Å². The lowest BCUT2D eigenvalue weighted by atomic mass is 9.71. The van der Waals surface area contributed by atoms with E-state index < -0.39 is 0 Å². The third kappa shape index (κ3) is 3.37. The predicted molar refractivity (Wildman–Crippen MR) is 107 cm³/mol. The van der Waals surface area contributed by atoms with Crippen LogP contribution >= 0.6 is 0 Å². The first kappa shape index (κ1) is 18.5. The monoisotopic (exact) mass is 378 g/mol. The lowest BCUT2D eigenvalue weighted by Gasteiger charge is -2.52. The zero-order valence-corrected chi connectivity index (χ0v) is 16.5. The van der Waals surface area contributed by atoms with Crippen molar-refractivity contribution in [3.63, 3.8) is 0 Å². The molecule has 0 aromatic heterocycles. The maximum Gasteiger partial charge on any atom is 0.253 e. The van der Waals surface area contributed by atoms with Crippen molar-refractivity contribution in [1.29, 1.82) is 0 Å². The number of methoxy groups -OCH3 is 1. The number of piperidine rings is 1. The van der Waals surface area contributed by atoms with Crippen molar-refractivity contribution in [1.82, 2.24) is 9.80 Å². The van der Waals surface area contributed by atoms with E-state index in [0.717, 1.165) is 41.8 Å². The molecule has 2 heterocycles. The second kappa shape index (κ2) is 7.30. The summed E-state index contributed by atoms with van der Waals surface area (Å²) < 4.78 is 5.18. The normalized spacial score (nSPS) is 18.1. The van der Waals surface area contributed by atoms with Gasteiger partial charge in [-0.25, -0.2) is 0 Å². The first-order chi connectivity index (χ1) is 13.5. The molecule has 5 nitrogen and oxygen atoms in total. The number of hydrogen-bond acceptors (Lipinski definition) is 3. The highest BCUT2D eigenvalue weighted by Crippen LogP contribution is 2.42. The van der Waals surface area contributed by atoms with E-state index in [2.05, 4.69) is 0 Å². The summed E-state index contributed by atoms with van der Waals surface area (Å²) in [5, 5.41) is 0. The van der Waals surface area contributed by atoms with Crippen LogP contribution in [0.5, 0.6) is 5.75 Å². The van der Waals surface area contributed by atoms with Crippen molar-refractivity contribution in [3.05, 3.63) is 65.2 Å². The summed E-state index contributed by atoms with van der Waals surface area (Å²) in [7, 11) is 1.65. The fourth-order valence-corrected chi connectivity index (χ4v) is 4.30. The molecule has 0 atom stereocenters. The van der Waals surface area contributed by atoms with Crippen LogP contribution in [0.25, 0.3) is 0 Å². The Morgan fingerprint density at radius 2 is 1.82 bits per heavy atom. The molecule has 5 heteroatoms. The molecule has 146 valence electrons. The van der Waals surface area contributed by atoms with Crippen LogP contribution < -0.4 is 4.74 Å². The number of β-lactam (4-membered cyclic amide) rings is 1. The van der Waals surface area contributed by atoms with E-state index in [9.17, 15) is 9.59 Å². The van der Waals surface area contributed by atoms with Gasteiger partial charge in [0.2, 0.25) is 5.91 Å². The van der Waals surface area contributed by atoms with Gasteiger partial charge in [-0.15, -0.1) is 0 Å². The van der Waals surface area contributed by atoms with Gasteiger partial charge in [-0.2, -0.15) is 0 Å². The first-order valence-corrected chi connectivity index (χ1v) is 9.79. The Kier molecular flexibility index (Phi) is 4.84. The number of benzene rings is 2. The van der Waals surface area contributed by atoms with Crippen LogP contribution in [-0.2, 0) is 11.3 Å². The molecule has 4 rings (SSSR count). The maximum absolute atomic E-state index is 12.9. The molecule has 1 spiro atoms. The van der Waals surface area contributed by atoms with E-state index in [4.69, 9.17) is 4.74 Å². The minimum atomic E-state index is -0.268. The second-order valence-electron chi connectivity index (χ2n) is 7.95. The molecule has 2 aliphatic rings. The molecule has 2 aliphatic heterocycles. The van der Waals surface area contributed by atoms with Crippen LogP contribution in [0.4, 0.5) is 0 Å². The van der Waals surface area contributed by atoms with Crippen molar-refractivity contribution >= 4 is 11.8 Å². The topological polar surface area (TPSA) is 49.9 Å². The molecule has 2 aromatic rings. The van der Waals surface area contributed by atoms with Crippen molar-refractivity contribution in [2.45, 2.75) is 26.3 Å². The van der Waals surface area contributed by atoms with Gasteiger partial charge < -0.3 is 14.5 Å². The molecule has 0 N–H and O–H groups in total. The molecule has 0 radical (unpaired) electrons. The van der Waals surface area contributed by atoms with Gasteiger partial charge in [-0.1, -0.05) is 29.8 Å². The largest absolute Gasteiger partial charge is 0.497 e. The average Bonchev–Trinajstić information content (AvgIpc) is 2.73. The lowest BCUT2D eigenvalue weighted by molar-refractivity contribution is -0.165. The average molecular weight is 378 g/mol. The van der Waals surface area contributed by atoms with Gasteiger partial charge in [0.15, 0.2) is 0 Å². The second-order valence-corrected chi connectivity index (χ2v) is 7.95. The number of hydrogen-bond donors (Lipinski definition) is 0. The van der Waals surface area contributed by atoms with Crippen molar-refractivity contribution < 1.29 is 14.3 Å². The van der Waals surface area contributed by atoms with Gasteiger partial charge in [0, 0.05) is 31.7 Å². The Morgan fingerprint density at radius 3 is 2.43 bits per heavy atom. The summed E-state index contributed by atoms with van der Waals surface area (Å²) in [5.41, 5.74) is 2.66. The van der Waals surface area contributed by atoms with Crippen LogP contribution in [-0.4, -0.2) is 48.4 Å². The highest BCUT2D eigenvalue weighted by atomic mass is 16.5. The van der Waals surface area contributed by atoms with Gasteiger partial charge in [-0.05, 0) is 49.6 Å². The smallest absolute Gasteiger partial charge is 0.253 e. The van der Waals surface area contributed by atoms with Gasteiger partial charge >= 0.3 is 0 Å². The van der Waals surface area contributed by atoms with Gasteiger partial charge in [0.1, 0.15) is 5.75 Å². The molecule has 2 saturated heterocycles. The zero-order chi connectivity index (χ0) is 19.7. The molecule has 0 saturated carbocycles. The molecule has 0 aliphatic carbocycles. The number of carbonyl (C=O) groups is 2. The molecule has 0 bridgehead atoms. The van der Waals surface area contributed by atoms with Crippen molar-refractivity contribution in [2.24, 2.45) is 5.41 Å². The molecule has 2 aromatic carbocycles. The number of amides is 2. The standard InChI is InChI=1S/C23H26N2O3/c1-17-4-3-5-19(14-17)21(26)24-12-10-23(11-13-24)16-25(22(23)27)15-18-6-8-20(28-2)9-7-18/h3-9,14H,10-13,15-16H2,1-2H3. The third-order valence-electron chi connectivity index (χ3n) is 6.04. The number of carbonyl (C=O) groups excluding carboxylic acids is 2. The van der Waals surface area contributed by atoms with E-state index >= 15 is 0 Å². The minimum Gasteiger partial charge on any atom is -0.497 e. The lowest BCUT2D eigenvalue weighted by Crippen LogP contribution is -2.64. The Morgan fingerprint density at radius 1 is 1.11 bits per heavy atom. The predicted octanol–water partition coefficient (Wildman–Crippen LogP) is 3.27. The molecule has 0 unspecified atom stereocenters. The quantitative estimate of drug-likeness (QED) is 0.768. The van der Waals surface area contributed by atoms with E-state index in [-0.39, 0.29) is 17.2 Å². The van der Waals surface area contributed by atoms with E-state index in [0.29, 0.717) is 19.6 Å². The van der Waals surface area contributed by atoms with E-state index in [1.807, 2.05) is 65.3 Å². The Bertz CT molecular complexity index is 883. The van der Waals surface area contributed by atoms with Gasteiger partial charge in [-0.3, -0.25) is 9.59 Å². The highest BCUT2D eigenvalue weighted by Gasteiger charge is 2.53. The van der Waals surface area contributed by atoms with Crippen molar-refractivity contribution in [3.8, 4) is 5.75 Å². The summed E-state index contributed by atoms with van der Waals surface area (Å²) in [5.74, 6) is 1.12. The molecular weight excluding hydrogens is 352 g/mol.